The standard InChI is InChI=1S/C42H53N3O4S/c1-5-7-22-48-23-24-49-39-15-12-34(13-16-39)35-14-19-41-37(26-35)27-36(9-8-21-44(41)29-32(3)4)42(46)25-33-10-17-40(18-11-33)50(47)30-38-28-43-31-45(38)20-6-2/h10-19,26-28,31-32H,5-9,20-25,29-30H2,1-4H3/t50-/m0/s1. The number of aromatic nitrogens is 2. The van der Waals surface area contributed by atoms with Gasteiger partial charge in [-0.25, -0.2) is 4.98 Å². The number of carbonyl (C=O) groups excluding carboxylic acids is 1. The number of unbranched alkanes of at least 4 members (excludes halogenated alkanes) is 1. The lowest BCUT2D eigenvalue weighted by Crippen LogP contribution is -2.30. The summed E-state index contributed by atoms with van der Waals surface area (Å²) in [5.74, 6) is 1.91. The Labute approximate surface area is 301 Å². The number of allylic oxidation sites excluding steroid dienone is 1. The van der Waals surface area contributed by atoms with Gasteiger partial charge in [0.2, 0.25) is 0 Å². The summed E-state index contributed by atoms with van der Waals surface area (Å²) in [7, 11) is -1.19. The lowest BCUT2D eigenvalue weighted by Gasteiger charge is -2.30. The monoisotopic (exact) mass is 695 g/mol. The zero-order valence-electron chi connectivity index (χ0n) is 30.2. The minimum atomic E-state index is -1.19. The summed E-state index contributed by atoms with van der Waals surface area (Å²) in [5, 5.41) is 0. The molecule has 8 heteroatoms. The zero-order valence-corrected chi connectivity index (χ0v) is 31.1. The number of ether oxygens (including phenoxy) is 2. The predicted octanol–water partition coefficient (Wildman–Crippen LogP) is 8.91. The van der Waals surface area contributed by atoms with E-state index in [1.54, 1.807) is 12.5 Å². The molecule has 266 valence electrons. The van der Waals surface area contributed by atoms with Gasteiger partial charge in [0.05, 0.1) is 35.2 Å². The van der Waals surface area contributed by atoms with Gasteiger partial charge in [0, 0.05) is 49.4 Å². The van der Waals surface area contributed by atoms with E-state index in [1.807, 2.05) is 36.4 Å². The number of imidazole rings is 1. The van der Waals surface area contributed by atoms with Gasteiger partial charge < -0.3 is 18.9 Å². The first-order valence-electron chi connectivity index (χ1n) is 18.2. The molecule has 0 bridgehead atoms. The van der Waals surface area contributed by atoms with Crippen LogP contribution >= 0.6 is 0 Å². The maximum atomic E-state index is 13.8. The van der Waals surface area contributed by atoms with Crippen molar-refractivity contribution in [2.75, 3.05) is 37.8 Å². The van der Waals surface area contributed by atoms with Gasteiger partial charge in [0.25, 0.3) is 0 Å². The van der Waals surface area contributed by atoms with Crippen LogP contribution in [0.15, 0.2) is 89.7 Å². The highest BCUT2D eigenvalue weighted by Crippen LogP contribution is 2.33. The highest BCUT2D eigenvalue weighted by Gasteiger charge is 2.20. The van der Waals surface area contributed by atoms with Crippen LogP contribution in [0.4, 0.5) is 5.69 Å². The van der Waals surface area contributed by atoms with E-state index < -0.39 is 10.8 Å². The van der Waals surface area contributed by atoms with Crippen LogP contribution in [0, 0.1) is 5.92 Å². The Kier molecular flexibility index (Phi) is 14.0. The summed E-state index contributed by atoms with van der Waals surface area (Å²) < 4.78 is 26.7. The van der Waals surface area contributed by atoms with Gasteiger partial charge in [-0.2, -0.15) is 0 Å². The summed E-state index contributed by atoms with van der Waals surface area (Å²) in [5.41, 5.74) is 7.21. The van der Waals surface area contributed by atoms with Gasteiger partial charge in [-0.1, -0.05) is 64.4 Å². The lowest BCUT2D eigenvalue weighted by molar-refractivity contribution is -0.115. The number of carbonyl (C=O) groups is 1. The van der Waals surface area contributed by atoms with Crippen LogP contribution < -0.4 is 9.64 Å². The van der Waals surface area contributed by atoms with Gasteiger partial charge in [-0.15, -0.1) is 0 Å². The molecular weight excluding hydrogens is 643 g/mol. The molecule has 0 radical (unpaired) electrons. The van der Waals surface area contributed by atoms with Crippen LogP contribution in [-0.4, -0.2) is 52.5 Å². The van der Waals surface area contributed by atoms with E-state index in [0.717, 1.165) is 103 Å². The van der Waals surface area contributed by atoms with E-state index in [1.165, 1.54) is 5.69 Å². The van der Waals surface area contributed by atoms with Crippen molar-refractivity contribution in [3.05, 3.63) is 102 Å². The maximum absolute atomic E-state index is 13.8. The molecule has 1 aliphatic heterocycles. The molecule has 0 fully saturated rings. The number of Topliss-reactive ketones (excluding diaryl/α,β-unsaturated/α-hetero) is 1. The molecule has 7 nitrogen and oxygen atoms in total. The molecule has 0 unspecified atom stereocenters. The first-order valence-corrected chi connectivity index (χ1v) is 19.6. The topological polar surface area (TPSA) is 73.7 Å². The smallest absolute Gasteiger partial charge is 0.163 e. The van der Waals surface area contributed by atoms with Gasteiger partial charge in [-0.05, 0) is 102 Å². The number of rotatable bonds is 18. The highest BCUT2D eigenvalue weighted by atomic mass is 32.2. The third-order valence-electron chi connectivity index (χ3n) is 8.94. The molecule has 4 aromatic rings. The fourth-order valence-corrected chi connectivity index (χ4v) is 7.44. The van der Waals surface area contributed by atoms with Crippen molar-refractivity contribution >= 4 is 28.3 Å². The summed E-state index contributed by atoms with van der Waals surface area (Å²) in [6, 6.07) is 22.5. The molecule has 5 rings (SSSR count). The molecule has 0 aliphatic carbocycles. The van der Waals surface area contributed by atoms with Crippen molar-refractivity contribution in [2.45, 2.75) is 83.4 Å². The first-order chi connectivity index (χ1) is 24.3. The van der Waals surface area contributed by atoms with E-state index in [9.17, 15) is 9.00 Å². The highest BCUT2D eigenvalue weighted by molar-refractivity contribution is 7.84. The molecule has 0 amide bonds. The summed E-state index contributed by atoms with van der Waals surface area (Å²) in [4.78, 5) is 21.3. The molecule has 0 saturated heterocycles. The van der Waals surface area contributed by atoms with E-state index in [-0.39, 0.29) is 5.78 Å². The van der Waals surface area contributed by atoms with Crippen LogP contribution in [0.2, 0.25) is 0 Å². The van der Waals surface area contributed by atoms with Crippen molar-refractivity contribution < 1.29 is 18.5 Å². The Morgan fingerprint density at radius 1 is 0.940 bits per heavy atom. The third-order valence-corrected chi connectivity index (χ3v) is 10.3. The average molecular weight is 696 g/mol. The van der Waals surface area contributed by atoms with Crippen LogP contribution in [0.1, 0.15) is 76.6 Å². The van der Waals surface area contributed by atoms with Crippen molar-refractivity contribution in [3.8, 4) is 16.9 Å². The van der Waals surface area contributed by atoms with E-state index in [2.05, 4.69) is 78.6 Å². The van der Waals surface area contributed by atoms with E-state index in [0.29, 0.717) is 31.3 Å². The minimum absolute atomic E-state index is 0.135. The molecule has 0 spiro atoms. The van der Waals surface area contributed by atoms with Crippen molar-refractivity contribution in [2.24, 2.45) is 5.92 Å². The van der Waals surface area contributed by atoms with Gasteiger partial charge in [0.1, 0.15) is 12.4 Å². The molecule has 0 saturated carbocycles. The SMILES string of the molecule is CCCCOCCOc1ccc(-c2ccc3c(c2)C=C(C(=O)Cc2ccc([S@@](=O)Cc4cncn4CCC)cc2)CCCN3CC(C)C)cc1. The van der Waals surface area contributed by atoms with Crippen molar-refractivity contribution in [1.29, 1.82) is 0 Å². The summed E-state index contributed by atoms with van der Waals surface area (Å²) in [6.07, 6.45) is 10.9. The number of fused-ring (bicyclic) bond motifs is 1. The molecule has 1 aromatic heterocycles. The molecule has 2 heterocycles. The number of ketones is 1. The fourth-order valence-electron chi connectivity index (χ4n) is 6.33. The Balaban J connectivity index is 1.30. The zero-order chi connectivity index (χ0) is 35.3. The van der Waals surface area contributed by atoms with Crippen LogP contribution in [-0.2, 0) is 39.0 Å². The number of nitrogens with zero attached hydrogens (tertiary/aromatic N) is 3. The molecule has 50 heavy (non-hydrogen) atoms. The molecule has 3 aromatic carbocycles. The van der Waals surface area contributed by atoms with E-state index >= 15 is 0 Å². The van der Waals surface area contributed by atoms with Gasteiger partial charge in [0.15, 0.2) is 5.78 Å². The van der Waals surface area contributed by atoms with Crippen molar-refractivity contribution in [3.63, 3.8) is 0 Å². The lowest BCUT2D eigenvalue weighted by atomic mass is 9.93. The maximum Gasteiger partial charge on any atom is 0.163 e. The first kappa shape index (κ1) is 37.3. The molecule has 0 N–H and O–H groups in total. The fraction of sp³-hybridized carbons (Fsp3) is 0.429. The van der Waals surface area contributed by atoms with Gasteiger partial charge >= 0.3 is 0 Å². The Hall–Kier alpha value is -4.01. The summed E-state index contributed by atoms with van der Waals surface area (Å²) >= 11 is 0. The number of hydrogen-bond acceptors (Lipinski definition) is 6. The summed E-state index contributed by atoms with van der Waals surface area (Å²) in [6.45, 7) is 13.4. The number of hydrogen-bond donors (Lipinski definition) is 0. The Morgan fingerprint density at radius 3 is 2.46 bits per heavy atom. The minimum Gasteiger partial charge on any atom is -0.491 e. The molecular formula is C42H53N3O4S. The predicted molar refractivity (Wildman–Crippen MR) is 205 cm³/mol. The van der Waals surface area contributed by atoms with Crippen LogP contribution in [0.3, 0.4) is 0 Å². The normalized spacial score (nSPS) is 13.8. The molecule has 1 atom stereocenters. The number of anilines is 1. The molecule has 1 aliphatic rings. The van der Waals surface area contributed by atoms with E-state index in [4.69, 9.17) is 9.47 Å². The number of benzene rings is 3. The Bertz CT molecular complexity index is 1730. The largest absolute Gasteiger partial charge is 0.491 e. The third kappa shape index (κ3) is 10.5. The second kappa shape index (κ2) is 18.8. The number of aryl methyl sites for hydroxylation is 1. The average Bonchev–Trinajstić information content (AvgIpc) is 3.54. The quantitative estimate of drug-likeness (QED) is 0.0969. The Morgan fingerprint density at radius 2 is 1.72 bits per heavy atom. The second-order valence-electron chi connectivity index (χ2n) is 13.5. The second-order valence-corrected chi connectivity index (χ2v) is 15.0. The van der Waals surface area contributed by atoms with Crippen LogP contribution in [0.25, 0.3) is 17.2 Å². The van der Waals surface area contributed by atoms with Crippen molar-refractivity contribution in [1.82, 2.24) is 9.55 Å². The van der Waals surface area contributed by atoms with Gasteiger partial charge in [-0.3, -0.25) is 9.00 Å². The van der Waals surface area contributed by atoms with Crippen LogP contribution in [0.5, 0.6) is 5.75 Å².